The first-order valence-corrected chi connectivity index (χ1v) is 4.57. The molecule has 12 heavy (non-hydrogen) atoms. The standard InChI is InChI=1S/C9H18O2.H2O/c1-3-10-11-9(2)7-5-4-6-8-9;/h3-8H2,1-2H3;1H2. The van der Waals surface area contributed by atoms with E-state index >= 15 is 0 Å². The molecule has 0 unspecified atom stereocenters. The van der Waals surface area contributed by atoms with Crippen molar-refractivity contribution < 1.29 is 15.3 Å². The average Bonchev–Trinajstić information content (AvgIpc) is 2.03. The minimum absolute atomic E-state index is 0. The summed E-state index contributed by atoms with van der Waals surface area (Å²) in [5, 5.41) is 0. The molecular weight excluding hydrogens is 156 g/mol. The Labute approximate surface area is 74.3 Å². The van der Waals surface area contributed by atoms with Crippen molar-refractivity contribution in [3.63, 3.8) is 0 Å². The molecule has 0 atom stereocenters. The van der Waals surface area contributed by atoms with Crippen LogP contribution in [0.2, 0.25) is 0 Å². The van der Waals surface area contributed by atoms with Gasteiger partial charge in [0.25, 0.3) is 0 Å². The molecule has 1 fully saturated rings. The van der Waals surface area contributed by atoms with Crippen LogP contribution in [0, 0.1) is 0 Å². The third-order valence-electron chi connectivity index (χ3n) is 2.29. The molecule has 1 aliphatic carbocycles. The van der Waals surface area contributed by atoms with E-state index < -0.39 is 0 Å². The van der Waals surface area contributed by atoms with Crippen molar-refractivity contribution in [2.24, 2.45) is 0 Å². The van der Waals surface area contributed by atoms with Crippen molar-refractivity contribution in [2.75, 3.05) is 6.61 Å². The Kier molecular flexibility index (Phi) is 5.46. The van der Waals surface area contributed by atoms with E-state index in [0.717, 1.165) is 12.8 Å². The third kappa shape index (κ3) is 3.52. The molecule has 0 aromatic heterocycles. The van der Waals surface area contributed by atoms with Gasteiger partial charge in [-0.15, -0.1) is 0 Å². The SMILES string of the molecule is CCOOC1(C)CCCCC1.O. The molecule has 0 heterocycles. The largest absolute Gasteiger partial charge is 0.412 e. The smallest absolute Gasteiger partial charge is 0.101 e. The average molecular weight is 176 g/mol. The predicted octanol–water partition coefficient (Wildman–Crippen LogP) is 1.85. The van der Waals surface area contributed by atoms with Gasteiger partial charge in [-0.3, -0.25) is 0 Å². The Morgan fingerprint density at radius 1 is 1.17 bits per heavy atom. The van der Waals surface area contributed by atoms with Crippen molar-refractivity contribution in [3.05, 3.63) is 0 Å². The number of hydrogen-bond donors (Lipinski definition) is 0. The molecule has 0 aromatic carbocycles. The Balaban J connectivity index is 0.00000121. The fourth-order valence-electron chi connectivity index (χ4n) is 1.58. The molecule has 0 amide bonds. The number of rotatable bonds is 3. The van der Waals surface area contributed by atoms with Gasteiger partial charge in [-0.05, 0) is 26.7 Å². The zero-order valence-electron chi connectivity index (χ0n) is 8.06. The second-order valence-corrected chi connectivity index (χ2v) is 3.50. The van der Waals surface area contributed by atoms with E-state index in [1.807, 2.05) is 6.92 Å². The van der Waals surface area contributed by atoms with Crippen molar-refractivity contribution in [2.45, 2.75) is 51.6 Å². The van der Waals surface area contributed by atoms with E-state index in [0.29, 0.717) is 6.61 Å². The second kappa shape index (κ2) is 5.51. The molecular formula is C9H20O3. The minimum atomic E-state index is 0. The molecule has 0 radical (unpaired) electrons. The van der Waals surface area contributed by atoms with Crippen LogP contribution >= 0.6 is 0 Å². The maximum absolute atomic E-state index is 5.32. The quantitative estimate of drug-likeness (QED) is 0.486. The Bertz CT molecular complexity index is 108. The monoisotopic (exact) mass is 176 g/mol. The van der Waals surface area contributed by atoms with Crippen LogP contribution in [0.3, 0.4) is 0 Å². The summed E-state index contributed by atoms with van der Waals surface area (Å²) in [6.07, 6.45) is 6.21. The van der Waals surface area contributed by atoms with Crippen LogP contribution in [0.25, 0.3) is 0 Å². The lowest BCUT2D eigenvalue weighted by atomic mass is 9.87. The molecule has 0 aliphatic heterocycles. The van der Waals surface area contributed by atoms with Gasteiger partial charge >= 0.3 is 0 Å². The highest BCUT2D eigenvalue weighted by Crippen LogP contribution is 2.30. The normalized spacial score (nSPS) is 21.5. The van der Waals surface area contributed by atoms with Crippen LogP contribution in [0.5, 0.6) is 0 Å². The van der Waals surface area contributed by atoms with E-state index in [4.69, 9.17) is 9.78 Å². The number of hydrogen-bond acceptors (Lipinski definition) is 2. The van der Waals surface area contributed by atoms with E-state index in [9.17, 15) is 0 Å². The van der Waals surface area contributed by atoms with Crippen LogP contribution in [0.4, 0.5) is 0 Å². The zero-order chi connectivity index (χ0) is 8.16. The first-order valence-electron chi connectivity index (χ1n) is 4.57. The van der Waals surface area contributed by atoms with Gasteiger partial charge in [0.2, 0.25) is 0 Å². The molecule has 1 aliphatic rings. The van der Waals surface area contributed by atoms with Gasteiger partial charge in [-0.1, -0.05) is 19.3 Å². The minimum Gasteiger partial charge on any atom is -0.412 e. The van der Waals surface area contributed by atoms with Crippen molar-refractivity contribution in [1.29, 1.82) is 0 Å². The van der Waals surface area contributed by atoms with Crippen LogP contribution in [-0.4, -0.2) is 17.7 Å². The maximum Gasteiger partial charge on any atom is 0.101 e. The summed E-state index contributed by atoms with van der Waals surface area (Å²) in [5.74, 6) is 0. The van der Waals surface area contributed by atoms with Gasteiger partial charge in [0.15, 0.2) is 0 Å². The van der Waals surface area contributed by atoms with Crippen molar-refractivity contribution >= 4 is 0 Å². The van der Waals surface area contributed by atoms with Gasteiger partial charge in [-0.25, -0.2) is 9.78 Å². The van der Waals surface area contributed by atoms with Crippen molar-refractivity contribution in [3.8, 4) is 0 Å². The Morgan fingerprint density at radius 3 is 2.25 bits per heavy atom. The summed E-state index contributed by atoms with van der Waals surface area (Å²) in [5.41, 5.74) is 0.00819. The predicted molar refractivity (Wildman–Crippen MR) is 47.8 cm³/mol. The molecule has 74 valence electrons. The summed E-state index contributed by atoms with van der Waals surface area (Å²) in [7, 11) is 0. The fourth-order valence-corrected chi connectivity index (χ4v) is 1.58. The van der Waals surface area contributed by atoms with Crippen LogP contribution < -0.4 is 0 Å². The van der Waals surface area contributed by atoms with E-state index in [1.54, 1.807) is 0 Å². The first kappa shape index (κ1) is 11.9. The van der Waals surface area contributed by atoms with Gasteiger partial charge in [0.05, 0.1) is 6.61 Å². The molecule has 3 heteroatoms. The zero-order valence-corrected chi connectivity index (χ0v) is 8.06. The highest BCUT2D eigenvalue weighted by molar-refractivity contribution is 4.77. The fraction of sp³-hybridized carbons (Fsp3) is 1.00. The summed E-state index contributed by atoms with van der Waals surface area (Å²) in [6, 6.07) is 0. The Hall–Kier alpha value is -0.120. The lowest BCUT2D eigenvalue weighted by Crippen LogP contribution is -2.31. The molecule has 0 bridgehead atoms. The van der Waals surface area contributed by atoms with Crippen LogP contribution in [-0.2, 0) is 9.78 Å². The van der Waals surface area contributed by atoms with Gasteiger partial charge in [-0.2, -0.15) is 0 Å². The van der Waals surface area contributed by atoms with Crippen molar-refractivity contribution in [1.82, 2.24) is 0 Å². The lowest BCUT2D eigenvalue weighted by Gasteiger charge is -2.31. The molecule has 0 saturated heterocycles. The van der Waals surface area contributed by atoms with E-state index in [2.05, 4.69) is 6.92 Å². The summed E-state index contributed by atoms with van der Waals surface area (Å²) in [6.45, 7) is 4.74. The van der Waals surface area contributed by atoms with Gasteiger partial charge in [0, 0.05) is 0 Å². The Morgan fingerprint density at radius 2 is 1.75 bits per heavy atom. The lowest BCUT2D eigenvalue weighted by molar-refractivity contribution is -0.360. The molecule has 1 rings (SSSR count). The van der Waals surface area contributed by atoms with E-state index in [1.165, 1.54) is 19.3 Å². The van der Waals surface area contributed by atoms with Crippen LogP contribution in [0.1, 0.15) is 46.0 Å². The second-order valence-electron chi connectivity index (χ2n) is 3.50. The first-order chi connectivity index (χ1) is 5.27. The van der Waals surface area contributed by atoms with Gasteiger partial charge < -0.3 is 5.48 Å². The maximum atomic E-state index is 5.32. The topological polar surface area (TPSA) is 50.0 Å². The molecule has 3 nitrogen and oxygen atoms in total. The van der Waals surface area contributed by atoms with E-state index in [-0.39, 0.29) is 11.1 Å². The molecule has 1 saturated carbocycles. The molecule has 2 N–H and O–H groups in total. The highest BCUT2D eigenvalue weighted by atomic mass is 17.2. The summed E-state index contributed by atoms with van der Waals surface area (Å²) < 4.78 is 0. The molecule has 0 spiro atoms. The summed E-state index contributed by atoms with van der Waals surface area (Å²) >= 11 is 0. The highest BCUT2D eigenvalue weighted by Gasteiger charge is 2.28. The molecule has 0 aromatic rings. The van der Waals surface area contributed by atoms with Crippen LogP contribution in [0.15, 0.2) is 0 Å². The summed E-state index contributed by atoms with van der Waals surface area (Å²) in [4.78, 5) is 10.3. The third-order valence-corrected chi connectivity index (χ3v) is 2.29. The van der Waals surface area contributed by atoms with Gasteiger partial charge in [0.1, 0.15) is 5.60 Å².